The fourth-order valence-electron chi connectivity index (χ4n) is 0.994. The molecule has 1 aromatic heterocycles. The summed E-state index contributed by atoms with van der Waals surface area (Å²) in [5, 5.41) is 7.27. The molecule has 0 bridgehead atoms. The van der Waals surface area contributed by atoms with Gasteiger partial charge < -0.3 is 5.32 Å². The predicted molar refractivity (Wildman–Crippen MR) is 34.0 cm³/mol. The summed E-state index contributed by atoms with van der Waals surface area (Å²) in [5.74, 6) is 0. The molecule has 2 rings (SSSR count). The summed E-state index contributed by atoms with van der Waals surface area (Å²) in [4.78, 5) is 0. The number of nitrogens with zero attached hydrogens (tertiary/aromatic N) is 2. The molecular formula is C6H9N3. The first-order chi connectivity index (χ1) is 4.38. The van der Waals surface area contributed by atoms with Crippen LogP contribution in [0.5, 0.6) is 0 Å². The molecule has 1 N–H and O–H groups in total. The van der Waals surface area contributed by atoms with Crippen LogP contribution in [-0.2, 0) is 7.05 Å². The molecular weight excluding hydrogens is 114 g/mol. The van der Waals surface area contributed by atoms with Gasteiger partial charge in [0.1, 0.15) is 0 Å². The maximum atomic E-state index is 4.05. The van der Waals surface area contributed by atoms with Crippen molar-refractivity contribution in [3.8, 4) is 0 Å². The smallest absolute Gasteiger partial charge is 0.0619 e. The van der Waals surface area contributed by atoms with Crippen molar-refractivity contribution in [1.29, 1.82) is 0 Å². The molecule has 1 saturated heterocycles. The van der Waals surface area contributed by atoms with Crippen LogP contribution < -0.4 is 5.32 Å². The molecule has 0 amide bonds. The number of aryl methyl sites for hydroxylation is 1. The Morgan fingerprint density at radius 1 is 1.89 bits per heavy atom. The molecule has 1 aliphatic rings. The van der Waals surface area contributed by atoms with Gasteiger partial charge >= 0.3 is 0 Å². The normalized spacial score (nSPS) is 24.3. The van der Waals surface area contributed by atoms with E-state index >= 15 is 0 Å². The van der Waals surface area contributed by atoms with Gasteiger partial charge in [0.25, 0.3) is 0 Å². The Balaban J connectivity index is 2.35. The highest BCUT2D eigenvalue weighted by Crippen LogP contribution is 2.19. The van der Waals surface area contributed by atoms with Gasteiger partial charge in [0.15, 0.2) is 0 Å². The highest BCUT2D eigenvalue weighted by atomic mass is 15.3. The molecule has 3 nitrogen and oxygen atoms in total. The second-order valence-electron chi connectivity index (χ2n) is 2.34. The van der Waals surface area contributed by atoms with E-state index in [9.17, 15) is 0 Å². The van der Waals surface area contributed by atoms with Crippen molar-refractivity contribution >= 4 is 0 Å². The molecule has 9 heavy (non-hydrogen) atoms. The first-order valence-corrected chi connectivity index (χ1v) is 3.09. The van der Waals surface area contributed by atoms with Gasteiger partial charge in [0.05, 0.1) is 11.7 Å². The topological polar surface area (TPSA) is 39.8 Å². The van der Waals surface area contributed by atoms with Gasteiger partial charge in [-0.2, -0.15) is 5.10 Å². The van der Waals surface area contributed by atoms with Crippen molar-refractivity contribution in [2.24, 2.45) is 7.05 Å². The van der Waals surface area contributed by atoms with Crippen LogP contribution in [0.15, 0.2) is 12.3 Å². The second-order valence-corrected chi connectivity index (χ2v) is 2.34. The SMILES string of the molecule is Cn1nccc1C1CN1. The Hall–Kier alpha value is -0.830. The zero-order chi connectivity index (χ0) is 6.27. The molecule has 1 unspecified atom stereocenters. The maximum Gasteiger partial charge on any atom is 0.0619 e. The number of hydrogen-bond acceptors (Lipinski definition) is 2. The van der Waals surface area contributed by atoms with Crippen LogP contribution in [0.3, 0.4) is 0 Å². The van der Waals surface area contributed by atoms with Crippen molar-refractivity contribution in [2.45, 2.75) is 6.04 Å². The van der Waals surface area contributed by atoms with Gasteiger partial charge in [0, 0.05) is 19.8 Å². The summed E-state index contributed by atoms with van der Waals surface area (Å²) >= 11 is 0. The van der Waals surface area contributed by atoms with Crippen LogP contribution in [-0.4, -0.2) is 16.3 Å². The summed E-state index contributed by atoms with van der Waals surface area (Å²) in [6, 6.07) is 2.63. The molecule has 1 aromatic rings. The first-order valence-electron chi connectivity index (χ1n) is 3.09. The van der Waals surface area contributed by atoms with E-state index in [1.165, 1.54) is 5.69 Å². The van der Waals surface area contributed by atoms with E-state index in [1.807, 2.05) is 24.0 Å². The van der Waals surface area contributed by atoms with E-state index in [-0.39, 0.29) is 0 Å². The first kappa shape index (κ1) is 4.99. The molecule has 1 aliphatic heterocycles. The highest BCUT2D eigenvalue weighted by Gasteiger charge is 2.24. The Morgan fingerprint density at radius 3 is 3.11 bits per heavy atom. The average Bonchev–Trinajstić information content (AvgIpc) is 2.58. The maximum absolute atomic E-state index is 4.05. The summed E-state index contributed by atoms with van der Waals surface area (Å²) in [6.45, 7) is 1.11. The van der Waals surface area contributed by atoms with Gasteiger partial charge in [0.2, 0.25) is 0 Å². The largest absolute Gasteiger partial charge is 0.306 e. The summed E-state index contributed by atoms with van der Waals surface area (Å²) in [5.41, 5.74) is 1.29. The van der Waals surface area contributed by atoms with E-state index in [1.54, 1.807) is 0 Å². The molecule has 0 aromatic carbocycles. The van der Waals surface area contributed by atoms with Crippen molar-refractivity contribution in [3.63, 3.8) is 0 Å². The third kappa shape index (κ3) is 0.733. The second kappa shape index (κ2) is 1.57. The number of nitrogens with one attached hydrogen (secondary N) is 1. The van der Waals surface area contributed by atoms with Gasteiger partial charge in [-0.25, -0.2) is 0 Å². The van der Waals surface area contributed by atoms with Crippen LogP contribution in [0.2, 0.25) is 0 Å². The number of hydrogen-bond donors (Lipinski definition) is 1. The Labute approximate surface area is 53.7 Å². The lowest BCUT2D eigenvalue weighted by Crippen LogP contribution is -1.97. The van der Waals surface area contributed by atoms with Crippen LogP contribution in [0.1, 0.15) is 11.7 Å². The van der Waals surface area contributed by atoms with Gasteiger partial charge in [-0.15, -0.1) is 0 Å². The van der Waals surface area contributed by atoms with E-state index < -0.39 is 0 Å². The van der Waals surface area contributed by atoms with Crippen LogP contribution in [0, 0.1) is 0 Å². The van der Waals surface area contributed by atoms with Crippen molar-refractivity contribution < 1.29 is 0 Å². The van der Waals surface area contributed by atoms with Crippen molar-refractivity contribution in [3.05, 3.63) is 18.0 Å². The minimum absolute atomic E-state index is 0.581. The van der Waals surface area contributed by atoms with E-state index in [4.69, 9.17) is 0 Å². The molecule has 1 atom stereocenters. The predicted octanol–water partition coefficient (Wildman–Crippen LogP) is 0.0644. The van der Waals surface area contributed by atoms with E-state index in [0.717, 1.165) is 6.54 Å². The number of rotatable bonds is 1. The van der Waals surface area contributed by atoms with E-state index in [0.29, 0.717) is 6.04 Å². The summed E-state index contributed by atoms with van der Waals surface area (Å²) in [6.07, 6.45) is 1.83. The standard InChI is InChI=1S/C6H9N3/c1-9-6(2-3-8-9)5-4-7-5/h2-3,5,7H,4H2,1H3. The van der Waals surface area contributed by atoms with Gasteiger partial charge in [-0.1, -0.05) is 0 Å². The molecule has 0 radical (unpaired) electrons. The monoisotopic (exact) mass is 123 g/mol. The molecule has 0 aliphatic carbocycles. The quantitative estimate of drug-likeness (QED) is 0.536. The van der Waals surface area contributed by atoms with Gasteiger partial charge in [-0.05, 0) is 6.07 Å². The van der Waals surface area contributed by atoms with Crippen LogP contribution in [0.4, 0.5) is 0 Å². The molecule has 0 saturated carbocycles. The zero-order valence-corrected chi connectivity index (χ0v) is 5.33. The minimum Gasteiger partial charge on any atom is -0.306 e. The average molecular weight is 123 g/mol. The van der Waals surface area contributed by atoms with Crippen LogP contribution >= 0.6 is 0 Å². The molecule has 0 spiro atoms. The third-order valence-corrected chi connectivity index (χ3v) is 1.62. The minimum atomic E-state index is 0.581. The lowest BCUT2D eigenvalue weighted by Gasteiger charge is -1.94. The van der Waals surface area contributed by atoms with Gasteiger partial charge in [-0.3, -0.25) is 4.68 Å². The lowest BCUT2D eigenvalue weighted by molar-refractivity contribution is 0.711. The summed E-state index contributed by atoms with van der Waals surface area (Å²) < 4.78 is 1.91. The molecule has 1 fully saturated rings. The summed E-state index contributed by atoms with van der Waals surface area (Å²) in [7, 11) is 1.97. The fraction of sp³-hybridized carbons (Fsp3) is 0.500. The van der Waals surface area contributed by atoms with Crippen LogP contribution in [0.25, 0.3) is 0 Å². The zero-order valence-electron chi connectivity index (χ0n) is 5.33. The molecule has 48 valence electrons. The Bertz CT molecular complexity index is 212. The fourth-order valence-corrected chi connectivity index (χ4v) is 0.994. The molecule has 2 heterocycles. The van der Waals surface area contributed by atoms with E-state index in [2.05, 4.69) is 10.4 Å². The van der Waals surface area contributed by atoms with Crippen molar-refractivity contribution in [1.82, 2.24) is 15.1 Å². The third-order valence-electron chi connectivity index (χ3n) is 1.62. The number of aromatic nitrogens is 2. The Kier molecular flexibility index (Phi) is 0.873. The lowest BCUT2D eigenvalue weighted by atomic mass is 10.3. The molecule has 3 heteroatoms. The Morgan fingerprint density at radius 2 is 2.67 bits per heavy atom. The van der Waals surface area contributed by atoms with Crippen molar-refractivity contribution in [2.75, 3.05) is 6.54 Å². The highest BCUT2D eigenvalue weighted by molar-refractivity contribution is 5.12.